The molecule has 0 aromatic carbocycles. The number of hydrogen-bond acceptors (Lipinski definition) is 4. The van der Waals surface area contributed by atoms with E-state index in [2.05, 4.69) is 65.0 Å². The van der Waals surface area contributed by atoms with E-state index < -0.39 is 0 Å². The zero-order valence-corrected chi connectivity index (χ0v) is 17.0. The maximum Gasteiger partial charge on any atom is 0.0537 e. The smallest absolute Gasteiger partial charge is 0.0537 e. The second-order valence-electron chi connectivity index (χ2n) is 8.44. The number of likely N-dealkylation sites (tertiary alicyclic amines) is 1. The highest BCUT2D eigenvalue weighted by molar-refractivity contribution is 5.13. The van der Waals surface area contributed by atoms with Crippen LogP contribution in [0.2, 0.25) is 0 Å². The Morgan fingerprint density at radius 3 is 2.69 bits per heavy atom. The van der Waals surface area contributed by atoms with Crippen molar-refractivity contribution in [2.75, 3.05) is 27.2 Å². The molecule has 0 radical (unpaired) electrons. The molecule has 0 aliphatic carbocycles. The summed E-state index contributed by atoms with van der Waals surface area (Å²) >= 11 is 0. The van der Waals surface area contributed by atoms with Crippen LogP contribution in [0, 0.1) is 11.8 Å². The van der Waals surface area contributed by atoms with Gasteiger partial charge in [0.05, 0.1) is 12.4 Å². The molecular formula is C20H34N6. The Morgan fingerprint density at radius 2 is 2.00 bits per heavy atom. The third-order valence-electron chi connectivity index (χ3n) is 5.31. The predicted octanol–water partition coefficient (Wildman–Crippen LogP) is 2.79. The summed E-state index contributed by atoms with van der Waals surface area (Å²) in [6, 6.07) is 0.462. The van der Waals surface area contributed by atoms with Crippen LogP contribution in [0.15, 0.2) is 24.8 Å². The first-order valence-corrected chi connectivity index (χ1v) is 9.81. The van der Waals surface area contributed by atoms with Crippen molar-refractivity contribution in [1.82, 2.24) is 29.4 Å². The van der Waals surface area contributed by atoms with E-state index in [0.29, 0.717) is 17.9 Å². The fourth-order valence-electron chi connectivity index (χ4n) is 4.31. The van der Waals surface area contributed by atoms with Gasteiger partial charge in [-0.15, -0.1) is 0 Å². The molecular weight excluding hydrogens is 324 g/mol. The SMILES string of the molecule is CC(C)Cn1cc(CN(C)C[C@@H]2CCCN(C)[C@H]2c2cnn(C)c2)cn1. The summed E-state index contributed by atoms with van der Waals surface area (Å²) in [5.74, 6) is 1.26. The van der Waals surface area contributed by atoms with Gasteiger partial charge in [0.1, 0.15) is 0 Å². The van der Waals surface area contributed by atoms with E-state index in [1.165, 1.54) is 30.5 Å². The largest absolute Gasteiger partial charge is 0.302 e. The first-order chi connectivity index (χ1) is 12.4. The van der Waals surface area contributed by atoms with Gasteiger partial charge in [-0.1, -0.05) is 13.8 Å². The Morgan fingerprint density at radius 1 is 1.19 bits per heavy atom. The Kier molecular flexibility index (Phi) is 6.14. The van der Waals surface area contributed by atoms with E-state index in [4.69, 9.17) is 0 Å². The first kappa shape index (κ1) is 19.1. The molecule has 2 atom stereocenters. The fraction of sp³-hybridized carbons (Fsp3) is 0.700. The molecule has 0 amide bonds. The number of aromatic nitrogens is 4. The number of piperidine rings is 1. The van der Waals surface area contributed by atoms with E-state index in [1.807, 2.05) is 24.1 Å². The number of rotatable bonds is 7. The van der Waals surface area contributed by atoms with Crippen LogP contribution in [0.4, 0.5) is 0 Å². The molecule has 144 valence electrons. The van der Waals surface area contributed by atoms with Crippen molar-refractivity contribution in [3.8, 4) is 0 Å². The molecule has 0 bridgehead atoms. The summed E-state index contributed by atoms with van der Waals surface area (Å²) in [7, 11) is 6.48. The van der Waals surface area contributed by atoms with Crippen molar-refractivity contribution in [3.05, 3.63) is 35.9 Å². The minimum absolute atomic E-state index is 0.462. The normalized spacial score (nSPS) is 21.8. The lowest BCUT2D eigenvalue weighted by Crippen LogP contribution is -2.40. The Balaban J connectivity index is 1.63. The molecule has 1 fully saturated rings. The standard InChI is InChI=1S/C20H34N6/c1-16(2)11-26-13-17(9-22-26)12-23(3)14-18-7-6-8-24(4)20(18)19-10-21-25(5)15-19/h9-10,13,15-16,18,20H,6-8,11-12,14H2,1-5H3/t18-,20+/m0/s1. The van der Waals surface area contributed by atoms with E-state index in [0.717, 1.165) is 19.6 Å². The first-order valence-electron chi connectivity index (χ1n) is 9.81. The monoisotopic (exact) mass is 358 g/mol. The van der Waals surface area contributed by atoms with Crippen LogP contribution >= 0.6 is 0 Å². The predicted molar refractivity (Wildman–Crippen MR) is 105 cm³/mol. The maximum atomic E-state index is 4.50. The van der Waals surface area contributed by atoms with Crippen molar-refractivity contribution in [3.63, 3.8) is 0 Å². The number of nitrogens with zero attached hydrogens (tertiary/aromatic N) is 6. The highest BCUT2D eigenvalue weighted by Gasteiger charge is 2.32. The molecule has 0 unspecified atom stereocenters. The van der Waals surface area contributed by atoms with Gasteiger partial charge in [-0.2, -0.15) is 10.2 Å². The number of aryl methyl sites for hydroxylation is 1. The van der Waals surface area contributed by atoms with Crippen molar-refractivity contribution >= 4 is 0 Å². The van der Waals surface area contributed by atoms with Gasteiger partial charge in [-0.05, 0) is 45.3 Å². The van der Waals surface area contributed by atoms with Crippen LogP contribution in [0.1, 0.15) is 43.9 Å². The number of hydrogen-bond donors (Lipinski definition) is 0. The maximum absolute atomic E-state index is 4.50. The molecule has 0 spiro atoms. The van der Waals surface area contributed by atoms with Gasteiger partial charge in [0.2, 0.25) is 0 Å². The highest BCUT2D eigenvalue weighted by Crippen LogP contribution is 2.35. The van der Waals surface area contributed by atoms with Gasteiger partial charge in [0.25, 0.3) is 0 Å². The van der Waals surface area contributed by atoms with Gasteiger partial charge < -0.3 is 4.90 Å². The van der Waals surface area contributed by atoms with Crippen LogP contribution in [0.3, 0.4) is 0 Å². The zero-order chi connectivity index (χ0) is 18.7. The summed E-state index contributed by atoms with van der Waals surface area (Å²) in [6.45, 7) is 8.66. The van der Waals surface area contributed by atoms with E-state index in [-0.39, 0.29) is 0 Å². The molecule has 1 aliphatic heterocycles. The zero-order valence-electron chi connectivity index (χ0n) is 17.0. The van der Waals surface area contributed by atoms with Gasteiger partial charge in [-0.3, -0.25) is 14.3 Å². The molecule has 26 heavy (non-hydrogen) atoms. The Labute approximate surface area is 157 Å². The van der Waals surface area contributed by atoms with Crippen LogP contribution in [0.25, 0.3) is 0 Å². The molecule has 0 saturated carbocycles. The van der Waals surface area contributed by atoms with Gasteiger partial charge in [0, 0.05) is 56.2 Å². The molecule has 3 heterocycles. The van der Waals surface area contributed by atoms with Crippen LogP contribution in [0.5, 0.6) is 0 Å². The van der Waals surface area contributed by atoms with Crippen molar-refractivity contribution in [2.24, 2.45) is 18.9 Å². The summed E-state index contributed by atoms with van der Waals surface area (Å²) < 4.78 is 3.99. The third kappa shape index (κ3) is 4.74. The lowest BCUT2D eigenvalue weighted by atomic mass is 9.85. The van der Waals surface area contributed by atoms with Gasteiger partial charge in [0.15, 0.2) is 0 Å². The summed E-state index contributed by atoms with van der Waals surface area (Å²) in [5.41, 5.74) is 2.65. The molecule has 3 rings (SSSR count). The average Bonchev–Trinajstić information content (AvgIpc) is 3.16. The van der Waals surface area contributed by atoms with Crippen molar-refractivity contribution in [1.29, 1.82) is 0 Å². The minimum Gasteiger partial charge on any atom is -0.302 e. The molecule has 1 aliphatic rings. The second-order valence-corrected chi connectivity index (χ2v) is 8.44. The molecule has 6 nitrogen and oxygen atoms in total. The Hall–Kier alpha value is -1.66. The lowest BCUT2D eigenvalue weighted by molar-refractivity contribution is 0.0925. The minimum atomic E-state index is 0.462. The van der Waals surface area contributed by atoms with Crippen molar-refractivity contribution in [2.45, 2.75) is 45.8 Å². The van der Waals surface area contributed by atoms with Crippen LogP contribution in [-0.4, -0.2) is 56.5 Å². The van der Waals surface area contributed by atoms with Crippen LogP contribution < -0.4 is 0 Å². The topological polar surface area (TPSA) is 42.1 Å². The molecule has 6 heteroatoms. The van der Waals surface area contributed by atoms with Gasteiger partial charge >= 0.3 is 0 Å². The fourth-order valence-corrected chi connectivity index (χ4v) is 4.31. The molecule has 1 saturated heterocycles. The summed E-state index contributed by atoms with van der Waals surface area (Å²) in [4.78, 5) is 4.95. The van der Waals surface area contributed by atoms with Crippen LogP contribution in [-0.2, 0) is 20.1 Å². The Bertz CT molecular complexity index is 688. The average molecular weight is 359 g/mol. The third-order valence-corrected chi connectivity index (χ3v) is 5.31. The van der Waals surface area contributed by atoms with Gasteiger partial charge in [-0.25, -0.2) is 0 Å². The quantitative estimate of drug-likeness (QED) is 0.763. The molecule has 0 N–H and O–H groups in total. The molecule has 2 aromatic rings. The van der Waals surface area contributed by atoms with Crippen molar-refractivity contribution < 1.29 is 0 Å². The van der Waals surface area contributed by atoms with E-state index in [1.54, 1.807) is 0 Å². The molecule has 2 aromatic heterocycles. The van der Waals surface area contributed by atoms with E-state index >= 15 is 0 Å². The summed E-state index contributed by atoms with van der Waals surface area (Å²) in [6.07, 6.45) is 11.0. The lowest BCUT2D eigenvalue weighted by Gasteiger charge is -2.40. The second kappa shape index (κ2) is 8.35. The highest BCUT2D eigenvalue weighted by atomic mass is 15.3. The summed E-state index contributed by atoms with van der Waals surface area (Å²) in [5, 5.41) is 8.90. The van der Waals surface area contributed by atoms with E-state index in [9.17, 15) is 0 Å².